The van der Waals surface area contributed by atoms with Crippen LogP contribution >= 0.6 is 15.9 Å². The molecule has 1 aromatic carbocycles. The van der Waals surface area contributed by atoms with E-state index in [-0.39, 0.29) is 5.91 Å². The van der Waals surface area contributed by atoms with Gasteiger partial charge in [-0.3, -0.25) is 9.48 Å². The van der Waals surface area contributed by atoms with E-state index in [0.29, 0.717) is 13.2 Å². The Bertz CT molecular complexity index is 642. The first kappa shape index (κ1) is 17.5. The van der Waals surface area contributed by atoms with Crippen molar-refractivity contribution in [2.75, 3.05) is 27.2 Å². The smallest absolute Gasteiger partial charge is 0.244 e. The van der Waals surface area contributed by atoms with Crippen LogP contribution in [-0.2, 0) is 11.8 Å². The Kier molecular flexibility index (Phi) is 6.18. The molecule has 1 unspecified atom stereocenters. The maximum Gasteiger partial charge on any atom is 0.244 e. The summed E-state index contributed by atoms with van der Waals surface area (Å²) >= 11 is 3.38. The molecule has 0 aliphatic rings. The molecule has 2 aromatic rings. The molecule has 1 aromatic heterocycles. The number of aryl methyl sites for hydroxylation is 1. The van der Waals surface area contributed by atoms with Crippen LogP contribution in [0.25, 0.3) is 0 Å². The maximum absolute atomic E-state index is 12.5. The average molecular weight is 381 g/mol. The number of amides is 1. The number of nitrogens with zero attached hydrogens (tertiary/aromatic N) is 3. The first-order valence-corrected chi connectivity index (χ1v) is 8.09. The van der Waals surface area contributed by atoms with Crippen LogP contribution in [0.3, 0.4) is 0 Å². The van der Waals surface area contributed by atoms with Gasteiger partial charge in [0.15, 0.2) is 0 Å². The highest BCUT2D eigenvalue weighted by Gasteiger charge is 2.23. The topological polar surface area (TPSA) is 59.4 Å². The molecule has 1 amide bonds. The van der Waals surface area contributed by atoms with Crippen LogP contribution in [-0.4, -0.2) is 47.8 Å². The number of benzene rings is 1. The Morgan fingerprint density at radius 3 is 2.70 bits per heavy atom. The summed E-state index contributed by atoms with van der Waals surface area (Å²) in [6, 6.07) is 7.21. The number of aromatic nitrogens is 2. The molecule has 0 saturated carbocycles. The van der Waals surface area contributed by atoms with Crippen molar-refractivity contribution >= 4 is 21.8 Å². The van der Waals surface area contributed by atoms with Crippen molar-refractivity contribution in [1.29, 1.82) is 0 Å². The average Bonchev–Trinajstić information content (AvgIpc) is 2.96. The molecule has 1 N–H and O–H groups in total. The molecule has 23 heavy (non-hydrogen) atoms. The molecule has 1 atom stereocenters. The van der Waals surface area contributed by atoms with Gasteiger partial charge in [0.2, 0.25) is 5.91 Å². The fourth-order valence-corrected chi connectivity index (χ4v) is 2.45. The van der Waals surface area contributed by atoms with Crippen molar-refractivity contribution in [2.24, 2.45) is 7.05 Å². The lowest BCUT2D eigenvalue weighted by Crippen LogP contribution is -2.39. The van der Waals surface area contributed by atoms with Gasteiger partial charge in [-0.05, 0) is 31.3 Å². The maximum atomic E-state index is 12.5. The Hall–Kier alpha value is -1.86. The number of hydrogen-bond acceptors (Lipinski definition) is 4. The number of likely N-dealkylation sites (N-methyl/N-ethyl adjacent to an activating group) is 2. The molecule has 0 aliphatic heterocycles. The summed E-state index contributed by atoms with van der Waals surface area (Å²) in [6.45, 7) is 0.945. The van der Waals surface area contributed by atoms with Gasteiger partial charge in [-0.2, -0.15) is 5.10 Å². The van der Waals surface area contributed by atoms with E-state index in [0.717, 1.165) is 15.8 Å². The lowest BCUT2D eigenvalue weighted by Gasteiger charge is -2.23. The molecule has 2 rings (SSSR count). The van der Waals surface area contributed by atoms with Crippen LogP contribution in [0, 0.1) is 0 Å². The standard InChI is InChI=1S/C16H21BrN4O2/c1-18-15(12-10-19-21(3)11-12)16(22)20(2)8-9-23-14-6-4-13(17)5-7-14/h4-7,10-11,15,18H,8-9H2,1-3H3. The summed E-state index contributed by atoms with van der Waals surface area (Å²) in [5.41, 5.74) is 0.848. The van der Waals surface area contributed by atoms with E-state index < -0.39 is 6.04 Å². The summed E-state index contributed by atoms with van der Waals surface area (Å²) in [7, 11) is 5.37. The molecule has 0 fully saturated rings. The minimum absolute atomic E-state index is 0.0140. The molecule has 1 heterocycles. The second-order valence-electron chi connectivity index (χ2n) is 5.23. The van der Waals surface area contributed by atoms with Crippen LogP contribution in [0.2, 0.25) is 0 Å². The zero-order valence-corrected chi connectivity index (χ0v) is 15.1. The zero-order valence-electron chi connectivity index (χ0n) is 13.5. The second kappa shape index (κ2) is 8.12. The number of halogens is 1. The molecule has 0 saturated heterocycles. The predicted octanol–water partition coefficient (Wildman–Crippen LogP) is 1.98. The van der Waals surface area contributed by atoms with E-state index in [2.05, 4.69) is 26.3 Å². The van der Waals surface area contributed by atoms with Gasteiger partial charge in [0.25, 0.3) is 0 Å². The van der Waals surface area contributed by atoms with Gasteiger partial charge in [0.05, 0.1) is 12.7 Å². The van der Waals surface area contributed by atoms with Gasteiger partial charge >= 0.3 is 0 Å². The van der Waals surface area contributed by atoms with E-state index >= 15 is 0 Å². The van der Waals surface area contributed by atoms with E-state index in [9.17, 15) is 4.79 Å². The lowest BCUT2D eigenvalue weighted by molar-refractivity contribution is -0.132. The number of carbonyl (C=O) groups is 1. The monoisotopic (exact) mass is 380 g/mol. The van der Waals surface area contributed by atoms with E-state index in [4.69, 9.17) is 4.74 Å². The van der Waals surface area contributed by atoms with E-state index in [1.54, 1.807) is 29.9 Å². The Morgan fingerprint density at radius 1 is 1.43 bits per heavy atom. The Morgan fingerprint density at radius 2 is 2.13 bits per heavy atom. The molecular weight excluding hydrogens is 360 g/mol. The van der Waals surface area contributed by atoms with E-state index in [1.165, 1.54) is 0 Å². The molecule has 0 aliphatic carbocycles. The first-order chi connectivity index (χ1) is 11.0. The van der Waals surface area contributed by atoms with Gasteiger partial charge in [0, 0.05) is 30.3 Å². The van der Waals surface area contributed by atoms with Crippen molar-refractivity contribution in [3.05, 3.63) is 46.7 Å². The highest BCUT2D eigenvalue weighted by atomic mass is 79.9. The Balaban J connectivity index is 1.87. The second-order valence-corrected chi connectivity index (χ2v) is 6.15. The first-order valence-electron chi connectivity index (χ1n) is 7.30. The van der Waals surface area contributed by atoms with Crippen molar-refractivity contribution in [3.63, 3.8) is 0 Å². The molecular formula is C16H21BrN4O2. The number of carbonyl (C=O) groups excluding carboxylic acids is 1. The van der Waals surface area contributed by atoms with Crippen molar-refractivity contribution in [1.82, 2.24) is 20.0 Å². The normalized spacial score (nSPS) is 12.0. The number of rotatable bonds is 7. The van der Waals surface area contributed by atoms with Crippen LogP contribution in [0.15, 0.2) is 41.1 Å². The van der Waals surface area contributed by atoms with Crippen LogP contribution < -0.4 is 10.1 Å². The molecule has 0 spiro atoms. The van der Waals surface area contributed by atoms with Crippen molar-refractivity contribution < 1.29 is 9.53 Å². The molecule has 0 radical (unpaired) electrons. The summed E-state index contributed by atoms with van der Waals surface area (Å²) < 4.78 is 8.34. The predicted molar refractivity (Wildman–Crippen MR) is 92.3 cm³/mol. The summed E-state index contributed by atoms with van der Waals surface area (Å²) in [4.78, 5) is 14.2. The third-order valence-corrected chi connectivity index (χ3v) is 4.01. The van der Waals surface area contributed by atoms with Gasteiger partial charge < -0.3 is 15.0 Å². The highest BCUT2D eigenvalue weighted by Crippen LogP contribution is 2.16. The van der Waals surface area contributed by atoms with Crippen molar-refractivity contribution in [3.8, 4) is 5.75 Å². The third kappa shape index (κ3) is 4.80. The van der Waals surface area contributed by atoms with Gasteiger partial charge in [-0.15, -0.1) is 0 Å². The highest BCUT2D eigenvalue weighted by molar-refractivity contribution is 9.10. The van der Waals surface area contributed by atoms with E-state index in [1.807, 2.05) is 37.5 Å². The fraction of sp³-hybridized carbons (Fsp3) is 0.375. The zero-order chi connectivity index (χ0) is 16.8. The van der Waals surface area contributed by atoms with Crippen LogP contribution in [0.4, 0.5) is 0 Å². The summed E-state index contributed by atoms with van der Waals surface area (Å²) in [5.74, 6) is 0.770. The van der Waals surface area contributed by atoms with Gasteiger partial charge in [0.1, 0.15) is 18.4 Å². The van der Waals surface area contributed by atoms with Crippen LogP contribution in [0.1, 0.15) is 11.6 Å². The fourth-order valence-electron chi connectivity index (χ4n) is 2.18. The largest absolute Gasteiger partial charge is 0.492 e. The SMILES string of the molecule is CNC(C(=O)N(C)CCOc1ccc(Br)cc1)c1cnn(C)c1. The van der Waals surface area contributed by atoms with Gasteiger partial charge in [-0.25, -0.2) is 0 Å². The number of hydrogen-bond donors (Lipinski definition) is 1. The number of ether oxygens (including phenoxy) is 1. The lowest BCUT2D eigenvalue weighted by atomic mass is 10.1. The number of nitrogens with one attached hydrogen (secondary N) is 1. The summed E-state index contributed by atoms with van der Waals surface area (Å²) in [5, 5.41) is 7.15. The minimum atomic E-state index is -0.401. The van der Waals surface area contributed by atoms with Crippen LogP contribution in [0.5, 0.6) is 5.75 Å². The van der Waals surface area contributed by atoms with Gasteiger partial charge in [-0.1, -0.05) is 15.9 Å². The Labute approximate surface area is 144 Å². The molecule has 6 nitrogen and oxygen atoms in total. The molecule has 0 bridgehead atoms. The molecule has 7 heteroatoms. The molecule has 124 valence electrons. The summed E-state index contributed by atoms with van der Waals surface area (Å²) in [6.07, 6.45) is 3.54. The quantitative estimate of drug-likeness (QED) is 0.797. The van der Waals surface area contributed by atoms with Crippen molar-refractivity contribution in [2.45, 2.75) is 6.04 Å². The third-order valence-electron chi connectivity index (χ3n) is 3.48. The minimum Gasteiger partial charge on any atom is -0.492 e.